The molecule has 1 fully saturated rings. The van der Waals surface area contributed by atoms with Crippen LogP contribution >= 0.6 is 12.4 Å². The van der Waals surface area contributed by atoms with Gasteiger partial charge in [-0.2, -0.15) is 0 Å². The van der Waals surface area contributed by atoms with Gasteiger partial charge in [-0.05, 0) is 25.3 Å². The van der Waals surface area contributed by atoms with Crippen molar-refractivity contribution in [2.75, 3.05) is 0 Å². The number of carbonyl (C=O) groups is 1. The van der Waals surface area contributed by atoms with Gasteiger partial charge in [0.05, 0.1) is 16.5 Å². The molecule has 0 saturated heterocycles. The summed E-state index contributed by atoms with van der Waals surface area (Å²) >= 11 is 0. The molecule has 1 aliphatic rings. The molecule has 1 aliphatic carbocycles. The number of amides is 1. The molecule has 1 atom stereocenters. The van der Waals surface area contributed by atoms with Crippen LogP contribution in [0.1, 0.15) is 31.4 Å². The fourth-order valence-corrected chi connectivity index (χ4v) is 1.69. The first-order chi connectivity index (χ1) is 8.42. The summed E-state index contributed by atoms with van der Waals surface area (Å²) in [5.74, 6) is -0.193. The van der Waals surface area contributed by atoms with Crippen LogP contribution < -0.4 is 11.1 Å². The van der Waals surface area contributed by atoms with E-state index in [-0.39, 0.29) is 30.0 Å². The first-order valence-electron chi connectivity index (χ1n) is 5.76. The van der Waals surface area contributed by atoms with E-state index in [0.29, 0.717) is 18.4 Å². The molecule has 1 unspecified atom stereocenters. The van der Waals surface area contributed by atoms with E-state index in [1.807, 2.05) is 0 Å². The molecule has 0 spiro atoms. The van der Waals surface area contributed by atoms with Crippen LogP contribution in [0.4, 0.5) is 5.69 Å². The van der Waals surface area contributed by atoms with E-state index < -0.39 is 10.5 Å². The minimum absolute atomic E-state index is 0. The molecule has 1 saturated carbocycles. The minimum Gasteiger partial charge on any atom is -0.348 e. The maximum Gasteiger partial charge on any atom is 0.269 e. The highest BCUT2D eigenvalue weighted by atomic mass is 35.5. The lowest BCUT2D eigenvalue weighted by Crippen LogP contribution is -2.43. The number of nitrogens with one attached hydrogen (secondary N) is 1. The monoisotopic (exact) mass is 285 g/mol. The van der Waals surface area contributed by atoms with Crippen molar-refractivity contribution in [3.63, 3.8) is 0 Å². The summed E-state index contributed by atoms with van der Waals surface area (Å²) < 4.78 is 0. The van der Waals surface area contributed by atoms with Crippen LogP contribution in [0.5, 0.6) is 0 Å². The van der Waals surface area contributed by atoms with E-state index in [2.05, 4.69) is 5.32 Å². The number of rotatable bonds is 4. The molecule has 7 heteroatoms. The molecule has 2 rings (SSSR count). The maximum absolute atomic E-state index is 11.8. The Balaban J connectivity index is 0.00000180. The van der Waals surface area contributed by atoms with Crippen LogP contribution in [-0.2, 0) is 4.79 Å². The summed E-state index contributed by atoms with van der Waals surface area (Å²) in [6.07, 6.45) is 1.39. The molecule has 0 aliphatic heterocycles. The third-order valence-corrected chi connectivity index (χ3v) is 3.17. The number of nitro benzene ring substituents is 1. The number of nitrogens with two attached hydrogens (primary N) is 1. The van der Waals surface area contributed by atoms with Gasteiger partial charge in [-0.15, -0.1) is 12.4 Å². The average Bonchev–Trinajstić information content (AvgIpc) is 3.09. The maximum atomic E-state index is 11.8. The Kier molecular flexibility index (Phi) is 4.49. The summed E-state index contributed by atoms with van der Waals surface area (Å²) in [4.78, 5) is 22.0. The topological polar surface area (TPSA) is 98.3 Å². The number of halogens is 1. The fourth-order valence-electron chi connectivity index (χ4n) is 1.69. The van der Waals surface area contributed by atoms with Crippen LogP contribution in [0.25, 0.3) is 0 Å². The molecular weight excluding hydrogens is 270 g/mol. The quantitative estimate of drug-likeness (QED) is 0.649. The van der Waals surface area contributed by atoms with Gasteiger partial charge in [0.15, 0.2) is 0 Å². The molecule has 1 amide bonds. The summed E-state index contributed by atoms with van der Waals surface area (Å²) in [5, 5.41) is 13.4. The number of non-ortho nitro benzene ring substituents is 1. The summed E-state index contributed by atoms with van der Waals surface area (Å²) in [6, 6.07) is 5.93. The van der Waals surface area contributed by atoms with Crippen molar-refractivity contribution < 1.29 is 9.72 Å². The fraction of sp³-hybridized carbons (Fsp3) is 0.417. The van der Waals surface area contributed by atoms with Crippen molar-refractivity contribution in [1.82, 2.24) is 5.32 Å². The van der Waals surface area contributed by atoms with Gasteiger partial charge in [0, 0.05) is 12.1 Å². The van der Waals surface area contributed by atoms with Crippen LogP contribution in [0.2, 0.25) is 0 Å². The zero-order valence-corrected chi connectivity index (χ0v) is 11.3. The van der Waals surface area contributed by atoms with E-state index in [0.717, 1.165) is 0 Å². The number of benzene rings is 1. The second-order valence-corrected chi connectivity index (χ2v) is 4.70. The van der Waals surface area contributed by atoms with E-state index in [4.69, 9.17) is 5.73 Å². The molecule has 1 aromatic rings. The number of nitrogens with zero attached hydrogens (tertiary/aromatic N) is 1. The van der Waals surface area contributed by atoms with Gasteiger partial charge in [-0.1, -0.05) is 12.1 Å². The highest BCUT2D eigenvalue weighted by molar-refractivity contribution is 5.89. The lowest BCUT2D eigenvalue weighted by molar-refractivity contribution is -0.384. The Morgan fingerprint density at radius 1 is 1.53 bits per heavy atom. The second kappa shape index (κ2) is 5.54. The van der Waals surface area contributed by atoms with Gasteiger partial charge >= 0.3 is 0 Å². The lowest BCUT2D eigenvalue weighted by atomic mass is 10.1. The van der Waals surface area contributed by atoms with E-state index in [1.54, 1.807) is 19.1 Å². The zero-order valence-electron chi connectivity index (χ0n) is 10.5. The standard InChI is InChI=1S/C12H15N3O3.ClH/c1-8(14-11(16)12(13)5-6-12)9-3-2-4-10(7-9)15(17)18;/h2-4,7-8H,5-6,13H2,1H3,(H,14,16);1H. The molecule has 3 N–H and O–H groups in total. The Labute approximate surface area is 116 Å². The van der Waals surface area contributed by atoms with Crippen molar-refractivity contribution in [1.29, 1.82) is 0 Å². The minimum atomic E-state index is -0.727. The molecule has 19 heavy (non-hydrogen) atoms. The van der Waals surface area contributed by atoms with Gasteiger partial charge in [-0.3, -0.25) is 14.9 Å². The average molecular weight is 286 g/mol. The van der Waals surface area contributed by atoms with Crippen LogP contribution in [0.15, 0.2) is 24.3 Å². The zero-order chi connectivity index (χ0) is 13.3. The van der Waals surface area contributed by atoms with Crippen molar-refractivity contribution >= 4 is 24.0 Å². The third kappa shape index (κ3) is 3.42. The molecule has 0 heterocycles. The van der Waals surface area contributed by atoms with Crippen LogP contribution in [0, 0.1) is 10.1 Å². The number of nitro groups is 1. The van der Waals surface area contributed by atoms with Crippen LogP contribution in [-0.4, -0.2) is 16.4 Å². The Morgan fingerprint density at radius 2 is 2.16 bits per heavy atom. The molecule has 0 bridgehead atoms. The SMILES string of the molecule is CC(NC(=O)C1(N)CC1)c1cccc([N+](=O)[O-])c1.Cl. The van der Waals surface area contributed by atoms with Crippen molar-refractivity contribution in [3.05, 3.63) is 39.9 Å². The highest BCUT2D eigenvalue weighted by Crippen LogP contribution is 2.33. The predicted molar refractivity (Wildman–Crippen MR) is 73.1 cm³/mol. The highest BCUT2D eigenvalue weighted by Gasteiger charge is 2.46. The van der Waals surface area contributed by atoms with Gasteiger partial charge in [-0.25, -0.2) is 0 Å². The van der Waals surface area contributed by atoms with Crippen molar-refractivity contribution in [3.8, 4) is 0 Å². The molecule has 0 radical (unpaired) electrons. The summed E-state index contributed by atoms with van der Waals surface area (Å²) in [5.41, 5.74) is 5.76. The summed E-state index contributed by atoms with van der Waals surface area (Å²) in [7, 11) is 0. The van der Waals surface area contributed by atoms with Gasteiger partial charge in [0.2, 0.25) is 5.91 Å². The molecule has 1 aromatic carbocycles. The molecule has 6 nitrogen and oxygen atoms in total. The third-order valence-electron chi connectivity index (χ3n) is 3.17. The summed E-state index contributed by atoms with van der Waals surface area (Å²) in [6.45, 7) is 1.78. The second-order valence-electron chi connectivity index (χ2n) is 4.70. The van der Waals surface area contributed by atoms with Crippen LogP contribution in [0.3, 0.4) is 0 Å². The largest absolute Gasteiger partial charge is 0.348 e. The first kappa shape index (κ1) is 15.4. The van der Waals surface area contributed by atoms with Crippen molar-refractivity contribution in [2.45, 2.75) is 31.3 Å². The lowest BCUT2D eigenvalue weighted by Gasteiger charge is -2.17. The molecule has 0 aromatic heterocycles. The van der Waals surface area contributed by atoms with E-state index >= 15 is 0 Å². The van der Waals surface area contributed by atoms with E-state index in [1.165, 1.54) is 12.1 Å². The van der Waals surface area contributed by atoms with Gasteiger partial charge in [0.1, 0.15) is 0 Å². The number of hydrogen-bond donors (Lipinski definition) is 2. The van der Waals surface area contributed by atoms with Gasteiger partial charge in [0.25, 0.3) is 5.69 Å². The molecule has 104 valence electrons. The Morgan fingerprint density at radius 3 is 2.68 bits per heavy atom. The van der Waals surface area contributed by atoms with Crippen molar-refractivity contribution in [2.24, 2.45) is 5.73 Å². The molecular formula is C12H16ClN3O3. The van der Waals surface area contributed by atoms with Gasteiger partial charge < -0.3 is 11.1 Å². The predicted octanol–water partition coefficient (Wildman–Crippen LogP) is 1.69. The Bertz CT molecular complexity index is 503. The normalized spacial score (nSPS) is 16.9. The van der Waals surface area contributed by atoms with E-state index in [9.17, 15) is 14.9 Å². The number of carbonyl (C=O) groups excluding carboxylic acids is 1. The number of hydrogen-bond acceptors (Lipinski definition) is 4. The Hall–Kier alpha value is -1.66. The first-order valence-corrected chi connectivity index (χ1v) is 5.76. The smallest absolute Gasteiger partial charge is 0.269 e.